The maximum absolute atomic E-state index is 4.64. The van der Waals surface area contributed by atoms with Gasteiger partial charge in [0.1, 0.15) is 0 Å². The number of aryl methyl sites for hydroxylation is 3. The van der Waals surface area contributed by atoms with Crippen LogP contribution in [0.4, 0.5) is 0 Å². The molecule has 0 bridgehead atoms. The largest absolute Gasteiger partial charge is 0.352 e. The van der Waals surface area contributed by atoms with Crippen molar-refractivity contribution in [3.63, 3.8) is 0 Å². The molecule has 0 unspecified atom stereocenters. The summed E-state index contributed by atoms with van der Waals surface area (Å²) in [5.74, 6) is 0.736. The molecule has 8 heteroatoms. The summed E-state index contributed by atoms with van der Waals surface area (Å²) in [6.45, 7) is 7.34. The van der Waals surface area contributed by atoms with Crippen LogP contribution in [0.25, 0.3) is 11.4 Å². The first kappa shape index (κ1) is 24.5. The van der Waals surface area contributed by atoms with Crippen LogP contribution in [0.3, 0.4) is 0 Å². The molecule has 0 fully saturated rings. The van der Waals surface area contributed by atoms with Gasteiger partial charge in [0, 0.05) is 32.0 Å². The number of rotatable bonds is 6. The highest BCUT2D eigenvalue weighted by Crippen LogP contribution is 2.17. The minimum absolute atomic E-state index is 0. The predicted molar refractivity (Wildman–Crippen MR) is 144 cm³/mol. The topological polar surface area (TPSA) is 72.1 Å². The highest BCUT2D eigenvalue weighted by Gasteiger charge is 2.10. The van der Waals surface area contributed by atoms with Crippen molar-refractivity contribution < 1.29 is 0 Å². The zero-order valence-corrected chi connectivity index (χ0v) is 21.7. The Morgan fingerprint density at radius 3 is 1.97 bits per heavy atom. The van der Waals surface area contributed by atoms with Gasteiger partial charge in [-0.05, 0) is 56.2 Å². The first-order valence-electron chi connectivity index (χ1n) is 10.7. The number of nitrogens with zero attached hydrogens (tertiary/aromatic N) is 5. The SMILES string of the molecule is CN=C(NCc1ccccc1-n1ccc(C)n1)NCc1ccccc1-n1nc(C)cc1C.I. The van der Waals surface area contributed by atoms with E-state index in [1.807, 2.05) is 59.7 Å². The molecular formula is C25H30IN7. The van der Waals surface area contributed by atoms with Gasteiger partial charge in [-0.15, -0.1) is 24.0 Å². The van der Waals surface area contributed by atoms with Crippen LogP contribution in [0.5, 0.6) is 0 Å². The smallest absolute Gasteiger partial charge is 0.191 e. The third kappa shape index (κ3) is 5.81. The minimum Gasteiger partial charge on any atom is -0.352 e. The summed E-state index contributed by atoms with van der Waals surface area (Å²) in [6.07, 6.45) is 1.98. The third-order valence-corrected chi connectivity index (χ3v) is 5.31. The molecule has 2 aromatic carbocycles. The standard InChI is InChI=1S/C25H29N7.HI/c1-18-13-14-31(29-18)23-11-7-5-9-21(23)16-27-25(26-4)28-17-22-10-6-8-12-24(22)32-20(3)15-19(2)30-32;/h5-15H,16-17H2,1-4H3,(H2,26,27,28);1H. The highest BCUT2D eigenvalue weighted by atomic mass is 127. The van der Waals surface area contributed by atoms with E-state index in [2.05, 4.69) is 63.1 Å². The van der Waals surface area contributed by atoms with Gasteiger partial charge in [0.05, 0.1) is 22.8 Å². The number of hydrogen-bond acceptors (Lipinski definition) is 3. The number of nitrogens with one attached hydrogen (secondary N) is 2. The Morgan fingerprint density at radius 2 is 1.42 bits per heavy atom. The summed E-state index contributed by atoms with van der Waals surface area (Å²) in [5, 5.41) is 16.0. The monoisotopic (exact) mass is 555 g/mol. The molecule has 2 heterocycles. The third-order valence-electron chi connectivity index (χ3n) is 5.31. The first-order valence-corrected chi connectivity index (χ1v) is 10.7. The van der Waals surface area contributed by atoms with Crippen LogP contribution in [-0.2, 0) is 13.1 Å². The zero-order valence-electron chi connectivity index (χ0n) is 19.4. The van der Waals surface area contributed by atoms with Crippen molar-refractivity contribution in [2.75, 3.05) is 7.05 Å². The number of benzene rings is 2. The number of hydrogen-bond donors (Lipinski definition) is 2. The molecule has 4 aromatic rings. The summed E-state index contributed by atoms with van der Waals surface area (Å²) >= 11 is 0. The Hall–Kier alpha value is -3.14. The molecule has 0 saturated carbocycles. The molecule has 33 heavy (non-hydrogen) atoms. The summed E-state index contributed by atoms with van der Waals surface area (Å²) in [4.78, 5) is 4.40. The van der Waals surface area contributed by atoms with Crippen LogP contribution in [0.15, 0.2) is 71.9 Å². The summed E-state index contributed by atoms with van der Waals surface area (Å²) in [6, 6.07) is 20.6. The lowest BCUT2D eigenvalue weighted by molar-refractivity contribution is 0.774. The molecule has 7 nitrogen and oxygen atoms in total. The van der Waals surface area contributed by atoms with Gasteiger partial charge in [0.15, 0.2) is 5.96 Å². The molecule has 0 atom stereocenters. The van der Waals surface area contributed by atoms with Crippen molar-refractivity contribution in [1.82, 2.24) is 30.2 Å². The molecule has 0 amide bonds. The lowest BCUT2D eigenvalue weighted by atomic mass is 10.1. The molecule has 0 aliphatic rings. The lowest BCUT2D eigenvalue weighted by Gasteiger charge is -2.16. The molecule has 0 spiro atoms. The summed E-state index contributed by atoms with van der Waals surface area (Å²) in [5.41, 5.74) is 7.53. The molecule has 2 N–H and O–H groups in total. The van der Waals surface area contributed by atoms with Gasteiger partial charge in [-0.3, -0.25) is 4.99 Å². The van der Waals surface area contributed by atoms with Crippen molar-refractivity contribution in [2.45, 2.75) is 33.9 Å². The van der Waals surface area contributed by atoms with E-state index in [1.54, 1.807) is 7.05 Å². The average molecular weight is 555 g/mol. The van der Waals surface area contributed by atoms with Gasteiger partial charge in [0.2, 0.25) is 0 Å². The highest BCUT2D eigenvalue weighted by molar-refractivity contribution is 14.0. The number of guanidine groups is 1. The minimum atomic E-state index is 0. The van der Waals surface area contributed by atoms with E-state index in [4.69, 9.17) is 0 Å². The molecule has 4 rings (SSSR count). The Kier molecular flexibility index (Phi) is 8.26. The molecule has 0 saturated heterocycles. The maximum Gasteiger partial charge on any atom is 0.191 e. The number of para-hydroxylation sites is 2. The van der Waals surface area contributed by atoms with Crippen LogP contribution in [-0.4, -0.2) is 32.6 Å². The fraction of sp³-hybridized carbons (Fsp3) is 0.240. The van der Waals surface area contributed by atoms with Crippen LogP contribution in [0.2, 0.25) is 0 Å². The first-order chi connectivity index (χ1) is 15.5. The van der Waals surface area contributed by atoms with Crippen LogP contribution in [0, 0.1) is 20.8 Å². The molecule has 0 aliphatic carbocycles. The fourth-order valence-electron chi connectivity index (χ4n) is 3.75. The van der Waals surface area contributed by atoms with E-state index in [0.717, 1.165) is 45.5 Å². The molecule has 172 valence electrons. The number of aliphatic imine (C=N–C) groups is 1. The van der Waals surface area contributed by atoms with Gasteiger partial charge in [-0.25, -0.2) is 9.36 Å². The second kappa shape index (κ2) is 11.1. The lowest BCUT2D eigenvalue weighted by Crippen LogP contribution is -2.36. The van der Waals surface area contributed by atoms with E-state index in [1.165, 1.54) is 0 Å². The van der Waals surface area contributed by atoms with Gasteiger partial charge in [0.25, 0.3) is 0 Å². The van der Waals surface area contributed by atoms with Crippen molar-refractivity contribution in [3.8, 4) is 11.4 Å². The van der Waals surface area contributed by atoms with E-state index >= 15 is 0 Å². The van der Waals surface area contributed by atoms with Gasteiger partial charge >= 0.3 is 0 Å². The van der Waals surface area contributed by atoms with E-state index in [-0.39, 0.29) is 24.0 Å². The molecular weight excluding hydrogens is 525 g/mol. The molecule has 2 aromatic heterocycles. The predicted octanol–water partition coefficient (Wildman–Crippen LogP) is 4.47. The zero-order chi connectivity index (χ0) is 22.5. The Labute approximate surface area is 212 Å². The number of aromatic nitrogens is 4. The quantitative estimate of drug-likeness (QED) is 0.209. The van der Waals surface area contributed by atoms with Gasteiger partial charge in [-0.1, -0.05) is 36.4 Å². The summed E-state index contributed by atoms with van der Waals surface area (Å²) < 4.78 is 3.90. The van der Waals surface area contributed by atoms with Crippen molar-refractivity contribution >= 4 is 29.9 Å². The van der Waals surface area contributed by atoms with Gasteiger partial charge in [-0.2, -0.15) is 10.2 Å². The van der Waals surface area contributed by atoms with Crippen molar-refractivity contribution in [3.05, 3.63) is 95.1 Å². The van der Waals surface area contributed by atoms with Crippen molar-refractivity contribution in [2.24, 2.45) is 4.99 Å². The Morgan fingerprint density at radius 1 is 0.818 bits per heavy atom. The van der Waals surface area contributed by atoms with Crippen LogP contribution >= 0.6 is 24.0 Å². The number of halogens is 1. The Balaban J connectivity index is 0.00000306. The summed E-state index contributed by atoms with van der Waals surface area (Å²) in [7, 11) is 1.78. The molecule has 0 aliphatic heterocycles. The van der Waals surface area contributed by atoms with E-state index in [0.29, 0.717) is 13.1 Å². The maximum atomic E-state index is 4.64. The van der Waals surface area contributed by atoms with E-state index < -0.39 is 0 Å². The fourth-order valence-corrected chi connectivity index (χ4v) is 3.75. The van der Waals surface area contributed by atoms with Gasteiger partial charge < -0.3 is 10.6 Å². The average Bonchev–Trinajstić information content (AvgIpc) is 3.38. The normalized spacial score (nSPS) is 11.2. The van der Waals surface area contributed by atoms with Crippen molar-refractivity contribution in [1.29, 1.82) is 0 Å². The van der Waals surface area contributed by atoms with Crippen LogP contribution in [0.1, 0.15) is 28.2 Å². The van der Waals surface area contributed by atoms with E-state index in [9.17, 15) is 0 Å². The second-order valence-corrected chi connectivity index (χ2v) is 7.78. The Bertz CT molecular complexity index is 1240. The molecule has 0 radical (unpaired) electrons. The van der Waals surface area contributed by atoms with Crippen LogP contribution < -0.4 is 10.6 Å². The second-order valence-electron chi connectivity index (χ2n) is 7.78.